The van der Waals surface area contributed by atoms with Crippen LogP contribution in [0.1, 0.15) is 49.6 Å². The number of aromatic nitrogens is 8. The Morgan fingerprint density at radius 1 is 0.907 bits per heavy atom. The van der Waals surface area contributed by atoms with Crippen LogP contribution in [0.4, 0.5) is 0 Å². The molecular formula is C33H32N8O2. The predicted molar refractivity (Wildman–Crippen MR) is 163 cm³/mol. The topological polar surface area (TPSA) is 117 Å². The van der Waals surface area contributed by atoms with Gasteiger partial charge in [0.1, 0.15) is 17.0 Å². The fourth-order valence-electron chi connectivity index (χ4n) is 5.56. The van der Waals surface area contributed by atoms with Gasteiger partial charge in [0.05, 0.1) is 19.8 Å². The number of hydrogen-bond acceptors (Lipinski definition) is 8. The molecule has 0 spiro atoms. The third-order valence-electron chi connectivity index (χ3n) is 7.73. The second-order valence-electron chi connectivity index (χ2n) is 10.6. The molecule has 216 valence electrons. The first-order valence-corrected chi connectivity index (χ1v) is 14.7. The second kappa shape index (κ2) is 12.2. The smallest absolute Gasteiger partial charge is 0.205 e. The average molecular weight is 573 g/mol. The zero-order chi connectivity index (χ0) is 29.0. The molecule has 0 aliphatic carbocycles. The summed E-state index contributed by atoms with van der Waals surface area (Å²) in [7, 11) is 0. The summed E-state index contributed by atoms with van der Waals surface area (Å²) in [4.78, 5) is 14.7. The number of nitrogens with zero attached hydrogens (tertiary/aromatic N) is 7. The number of imidazole rings is 1. The Labute approximate surface area is 249 Å². The maximum atomic E-state index is 6.05. The highest BCUT2D eigenvalue weighted by molar-refractivity contribution is 5.82. The fraction of sp³-hybridized carbons (Fsp3) is 0.273. The number of tetrazole rings is 1. The largest absolute Gasteiger partial charge is 0.347 e. The molecule has 6 aromatic rings. The van der Waals surface area contributed by atoms with Crippen LogP contribution in [0.2, 0.25) is 0 Å². The molecule has 0 radical (unpaired) electrons. The minimum absolute atomic E-state index is 0.533. The normalized spacial score (nSPS) is 14.0. The molecule has 0 saturated carbocycles. The van der Waals surface area contributed by atoms with Gasteiger partial charge in [0.2, 0.25) is 12.1 Å². The number of ether oxygens (including phenoxy) is 2. The molecule has 1 fully saturated rings. The number of unbranched alkanes of at least 4 members (excludes halogenated alkanes) is 1. The number of hydrogen-bond donors (Lipinski definition) is 1. The van der Waals surface area contributed by atoms with Crippen LogP contribution in [0.5, 0.6) is 0 Å². The molecule has 7 rings (SSSR count). The van der Waals surface area contributed by atoms with Gasteiger partial charge in [-0.3, -0.25) is 4.98 Å². The molecule has 10 nitrogen and oxygen atoms in total. The Morgan fingerprint density at radius 3 is 2.49 bits per heavy atom. The van der Waals surface area contributed by atoms with Crippen molar-refractivity contribution in [3.63, 3.8) is 0 Å². The fourth-order valence-corrected chi connectivity index (χ4v) is 5.56. The summed E-state index contributed by atoms with van der Waals surface area (Å²) in [5.74, 6) is 1.60. The second-order valence-corrected chi connectivity index (χ2v) is 10.6. The molecule has 5 heterocycles. The van der Waals surface area contributed by atoms with Gasteiger partial charge in [0.15, 0.2) is 5.65 Å². The SMILES string of the molecule is CCCCc1nc2cc(-c3cccnc3)c(C3OCCCO3)nc2n1Cc1ccc(-c2ccccc2-c2nn[nH]n2)cc1. The molecule has 2 aromatic carbocycles. The third kappa shape index (κ3) is 5.54. The number of fused-ring (bicyclic) bond motifs is 1. The lowest BCUT2D eigenvalue weighted by atomic mass is 9.98. The van der Waals surface area contributed by atoms with Crippen LogP contribution in [0.25, 0.3) is 44.8 Å². The molecule has 1 N–H and O–H groups in total. The lowest BCUT2D eigenvalue weighted by Gasteiger charge is -2.24. The minimum Gasteiger partial charge on any atom is -0.347 e. The van der Waals surface area contributed by atoms with Gasteiger partial charge in [-0.25, -0.2) is 9.97 Å². The summed E-state index contributed by atoms with van der Waals surface area (Å²) in [5, 5.41) is 14.6. The molecule has 0 amide bonds. The Hall–Kier alpha value is -4.80. The number of pyridine rings is 2. The van der Waals surface area contributed by atoms with Crippen molar-refractivity contribution in [2.24, 2.45) is 0 Å². The van der Waals surface area contributed by atoms with Crippen LogP contribution >= 0.6 is 0 Å². The van der Waals surface area contributed by atoms with Crippen LogP contribution in [0.3, 0.4) is 0 Å². The van der Waals surface area contributed by atoms with Gasteiger partial charge in [0, 0.05) is 35.5 Å². The van der Waals surface area contributed by atoms with E-state index in [1.165, 1.54) is 0 Å². The first kappa shape index (κ1) is 27.1. The summed E-state index contributed by atoms with van der Waals surface area (Å²) in [6, 6.07) is 22.8. The van der Waals surface area contributed by atoms with E-state index in [4.69, 9.17) is 19.4 Å². The van der Waals surface area contributed by atoms with Crippen molar-refractivity contribution in [1.82, 2.24) is 40.1 Å². The van der Waals surface area contributed by atoms with Gasteiger partial charge in [-0.1, -0.05) is 67.9 Å². The summed E-state index contributed by atoms with van der Waals surface area (Å²) < 4.78 is 14.3. The van der Waals surface area contributed by atoms with E-state index >= 15 is 0 Å². The zero-order valence-corrected chi connectivity index (χ0v) is 24.0. The van der Waals surface area contributed by atoms with Crippen molar-refractivity contribution in [3.8, 4) is 33.6 Å². The van der Waals surface area contributed by atoms with Gasteiger partial charge in [-0.05, 0) is 46.9 Å². The molecular weight excluding hydrogens is 540 g/mol. The Bertz CT molecular complexity index is 1810. The minimum atomic E-state index is -0.533. The van der Waals surface area contributed by atoms with E-state index < -0.39 is 6.29 Å². The number of benzene rings is 2. The van der Waals surface area contributed by atoms with E-state index in [0.29, 0.717) is 25.6 Å². The highest BCUT2D eigenvalue weighted by Crippen LogP contribution is 2.34. The van der Waals surface area contributed by atoms with Crippen LogP contribution in [0, 0.1) is 0 Å². The standard InChI is InChI=1S/C33H32N8O2/c1-2-3-11-29-35-28-19-27(24-8-6-16-34-20-24)30(33-42-17-7-18-43-33)36-32(28)41(29)21-22-12-14-23(15-13-22)25-9-4-5-10-26(25)31-37-39-40-38-31/h4-6,8-10,12-16,19-20,33H,2-3,7,11,17-18,21H2,1H3,(H,37,38,39,40). The van der Waals surface area contributed by atoms with Crippen LogP contribution < -0.4 is 0 Å². The van der Waals surface area contributed by atoms with E-state index in [2.05, 4.69) is 73.5 Å². The van der Waals surface area contributed by atoms with E-state index in [0.717, 1.165) is 81.7 Å². The molecule has 43 heavy (non-hydrogen) atoms. The highest BCUT2D eigenvalue weighted by Gasteiger charge is 2.25. The molecule has 10 heteroatoms. The average Bonchev–Trinajstić information content (AvgIpc) is 3.73. The van der Waals surface area contributed by atoms with Crippen molar-refractivity contribution in [2.45, 2.75) is 45.4 Å². The van der Waals surface area contributed by atoms with Gasteiger partial charge in [0.25, 0.3) is 0 Å². The van der Waals surface area contributed by atoms with E-state index in [1.807, 2.05) is 36.5 Å². The number of aryl methyl sites for hydroxylation is 1. The van der Waals surface area contributed by atoms with E-state index in [9.17, 15) is 0 Å². The van der Waals surface area contributed by atoms with E-state index in [1.54, 1.807) is 6.20 Å². The molecule has 1 saturated heterocycles. The maximum Gasteiger partial charge on any atom is 0.205 e. The van der Waals surface area contributed by atoms with Crippen molar-refractivity contribution < 1.29 is 9.47 Å². The molecule has 0 atom stereocenters. The van der Waals surface area contributed by atoms with Crippen molar-refractivity contribution in [3.05, 3.63) is 96.2 Å². The van der Waals surface area contributed by atoms with Crippen molar-refractivity contribution in [1.29, 1.82) is 0 Å². The molecule has 1 aliphatic heterocycles. The highest BCUT2D eigenvalue weighted by atomic mass is 16.7. The Morgan fingerprint density at radius 2 is 1.74 bits per heavy atom. The summed E-state index contributed by atoms with van der Waals surface area (Å²) in [6.45, 7) is 4.13. The molecule has 0 bridgehead atoms. The van der Waals surface area contributed by atoms with Gasteiger partial charge in [-0.2, -0.15) is 5.21 Å². The first-order chi connectivity index (χ1) is 21.3. The van der Waals surface area contributed by atoms with Crippen LogP contribution in [-0.4, -0.2) is 53.4 Å². The summed E-state index contributed by atoms with van der Waals surface area (Å²) in [5.41, 5.74) is 8.56. The number of aromatic amines is 1. The van der Waals surface area contributed by atoms with Gasteiger partial charge < -0.3 is 14.0 Å². The third-order valence-corrected chi connectivity index (χ3v) is 7.73. The summed E-state index contributed by atoms with van der Waals surface area (Å²) >= 11 is 0. The summed E-state index contributed by atoms with van der Waals surface area (Å²) in [6.07, 6.45) is 6.97. The van der Waals surface area contributed by atoms with Gasteiger partial charge in [-0.15, -0.1) is 10.2 Å². The lowest BCUT2D eigenvalue weighted by molar-refractivity contribution is -0.184. The Kier molecular flexibility index (Phi) is 7.68. The number of nitrogens with one attached hydrogen (secondary N) is 1. The molecule has 0 unspecified atom stereocenters. The predicted octanol–water partition coefficient (Wildman–Crippen LogP) is 6.17. The molecule has 1 aliphatic rings. The van der Waals surface area contributed by atoms with Crippen molar-refractivity contribution >= 4 is 11.2 Å². The lowest BCUT2D eigenvalue weighted by Crippen LogP contribution is -2.20. The zero-order valence-electron chi connectivity index (χ0n) is 24.0. The van der Waals surface area contributed by atoms with Crippen LogP contribution in [0.15, 0.2) is 79.1 Å². The van der Waals surface area contributed by atoms with Crippen LogP contribution in [-0.2, 0) is 22.4 Å². The Balaban J connectivity index is 1.28. The quantitative estimate of drug-likeness (QED) is 0.219. The maximum absolute atomic E-state index is 6.05. The van der Waals surface area contributed by atoms with Crippen molar-refractivity contribution in [2.75, 3.05) is 13.2 Å². The van der Waals surface area contributed by atoms with E-state index in [-0.39, 0.29) is 0 Å². The monoisotopic (exact) mass is 572 g/mol. The first-order valence-electron chi connectivity index (χ1n) is 14.7. The molecule has 4 aromatic heterocycles. The number of H-pyrrole nitrogens is 1. The van der Waals surface area contributed by atoms with Gasteiger partial charge >= 0.3 is 0 Å². The number of rotatable bonds is 9.